The molecule has 0 aliphatic heterocycles. The molecule has 0 bridgehead atoms. The summed E-state index contributed by atoms with van der Waals surface area (Å²) >= 11 is 0. The van der Waals surface area contributed by atoms with Gasteiger partial charge in [-0.05, 0) is 61.9 Å². The van der Waals surface area contributed by atoms with Gasteiger partial charge in [0.15, 0.2) is 0 Å². The van der Waals surface area contributed by atoms with E-state index in [-0.39, 0.29) is 6.04 Å². The smallest absolute Gasteiger partial charge is 0.0751 e. The quantitative estimate of drug-likeness (QED) is 0.904. The molecule has 1 aliphatic rings. The van der Waals surface area contributed by atoms with Gasteiger partial charge in [0.1, 0.15) is 0 Å². The first-order valence-corrected chi connectivity index (χ1v) is 7.89. The molecule has 0 radical (unpaired) electrons. The molecule has 1 aliphatic carbocycles. The maximum absolute atomic E-state index is 4.65. The van der Waals surface area contributed by atoms with Crippen LogP contribution in [0.25, 0.3) is 0 Å². The lowest BCUT2D eigenvalue weighted by Crippen LogP contribution is -2.20. The zero-order valence-electron chi connectivity index (χ0n) is 13.2. The first-order chi connectivity index (χ1) is 10.2. The number of benzene rings is 1. The zero-order chi connectivity index (χ0) is 14.8. The van der Waals surface area contributed by atoms with E-state index in [0.29, 0.717) is 0 Å². The average Bonchev–Trinajstić information content (AvgIpc) is 2.42. The second kappa shape index (κ2) is 5.98. The Morgan fingerprint density at radius 1 is 1.14 bits per heavy atom. The topological polar surface area (TPSA) is 24.9 Å². The molecule has 21 heavy (non-hydrogen) atoms. The van der Waals surface area contributed by atoms with Crippen molar-refractivity contribution in [3.05, 3.63) is 64.5 Å². The van der Waals surface area contributed by atoms with Crippen LogP contribution in [-0.4, -0.2) is 12.0 Å². The Morgan fingerprint density at radius 2 is 1.86 bits per heavy atom. The molecular formula is C19H24N2. The summed E-state index contributed by atoms with van der Waals surface area (Å²) in [6.07, 6.45) is 6.05. The van der Waals surface area contributed by atoms with Crippen molar-refractivity contribution >= 4 is 0 Å². The van der Waals surface area contributed by atoms with E-state index in [2.05, 4.69) is 54.5 Å². The van der Waals surface area contributed by atoms with Gasteiger partial charge in [0.2, 0.25) is 0 Å². The molecule has 1 aromatic heterocycles. The number of pyridine rings is 1. The molecule has 3 rings (SSSR count). The predicted molar refractivity (Wildman–Crippen MR) is 87.6 cm³/mol. The van der Waals surface area contributed by atoms with Gasteiger partial charge in [-0.2, -0.15) is 0 Å². The number of rotatable bonds is 4. The number of hydrogen-bond acceptors (Lipinski definition) is 2. The van der Waals surface area contributed by atoms with Crippen LogP contribution in [-0.2, 0) is 0 Å². The number of nitrogens with one attached hydrogen (secondary N) is 1. The van der Waals surface area contributed by atoms with Crippen molar-refractivity contribution < 1.29 is 0 Å². The molecule has 1 unspecified atom stereocenters. The van der Waals surface area contributed by atoms with E-state index in [1.807, 2.05) is 13.2 Å². The van der Waals surface area contributed by atoms with Crippen molar-refractivity contribution in [2.75, 3.05) is 7.05 Å². The fourth-order valence-electron chi connectivity index (χ4n) is 3.19. The fraction of sp³-hybridized carbons (Fsp3) is 0.421. The summed E-state index contributed by atoms with van der Waals surface area (Å²) in [5, 5.41) is 3.41. The van der Waals surface area contributed by atoms with Crippen LogP contribution in [0.5, 0.6) is 0 Å². The van der Waals surface area contributed by atoms with Crippen LogP contribution in [0.2, 0.25) is 0 Å². The minimum Gasteiger partial charge on any atom is -0.308 e. The highest BCUT2D eigenvalue weighted by Crippen LogP contribution is 2.36. The minimum atomic E-state index is 0.168. The lowest BCUT2D eigenvalue weighted by molar-refractivity contribution is 0.419. The number of hydrogen-bond donors (Lipinski definition) is 1. The van der Waals surface area contributed by atoms with E-state index in [9.17, 15) is 0 Å². The van der Waals surface area contributed by atoms with Crippen LogP contribution in [0.1, 0.15) is 59.2 Å². The minimum absolute atomic E-state index is 0.168. The largest absolute Gasteiger partial charge is 0.308 e. The SMILES string of the molecule is CNC(c1ccc(C2CCC2)cc1)c1ncc(C)cc1C. The molecule has 1 atom stereocenters. The van der Waals surface area contributed by atoms with Crippen molar-refractivity contribution in [2.24, 2.45) is 0 Å². The summed E-state index contributed by atoms with van der Waals surface area (Å²) in [6, 6.07) is 11.5. The van der Waals surface area contributed by atoms with Crippen LogP contribution in [0.15, 0.2) is 36.5 Å². The molecule has 2 aromatic rings. The monoisotopic (exact) mass is 280 g/mol. The molecule has 2 nitrogen and oxygen atoms in total. The van der Waals surface area contributed by atoms with Crippen molar-refractivity contribution in [3.8, 4) is 0 Å². The standard InChI is InChI=1S/C19H24N2/c1-13-11-14(2)18(21-12-13)19(20-3)17-9-7-16(8-10-17)15-5-4-6-15/h7-12,15,19-20H,4-6H2,1-3H3. The van der Waals surface area contributed by atoms with Crippen molar-refractivity contribution in [1.82, 2.24) is 10.3 Å². The maximum atomic E-state index is 4.65. The highest BCUT2D eigenvalue weighted by atomic mass is 14.9. The first-order valence-electron chi connectivity index (χ1n) is 7.89. The summed E-state index contributed by atoms with van der Waals surface area (Å²) in [4.78, 5) is 4.65. The molecule has 110 valence electrons. The van der Waals surface area contributed by atoms with E-state index in [0.717, 1.165) is 11.6 Å². The number of nitrogens with zero attached hydrogens (tertiary/aromatic N) is 1. The second-order valence-electron chi connectivity index (χ2n) is 6.23. The lowest BCUT2D eigenvalue weighted by atomic mass is 9.79. The third kappa shape index (κ3) is 2.86. The normalized spacial score (nSPS) is 16.5. The van der Waals surface area contributed by atoms with Crippen LogP contribution < -0.4 is 5.32 Å². The van der Waals surface area contributed by atoms with E-state index in [1.54, 1.807) is 0 Å². The van der Waals surface area contributed by atoms with Gasteiger partial charge in [0.25, 0.3) is 0 Å². The van der Waals surface area contributed by atoms with Crippen LogP contribution in [0.3, 0.4) is 0 Å². The van der Waals surface area contributed by atoms with Gasteiger partial charge < -0.3 is 5.32 Å². The summed E-state index contributed by atoms with van der Waals surface area (Å²) in [6.45, 7) is 4.23. The van der Waals surface area contributed by atoms with Gasteiger partial charge in [-0.1, -0.05) is 36.8 Å². The molecule has 1 fully saturated rings. The van der Waals surface area contributed by atoms with E-state index in [4.69, 9.17) is 0 Å². The van der Waals surface area contributed by atoms with Gasteiger partial charge in [-0.3, -0.25) is 4.98 Å². The lowest BCUT2D eigenvalue weighted by Gasteiger charge is -2.26. The van der Waals surface area contributed by atoms with Crippen LogP contribution >= 0.6 is 0 Å². The number of aromatic nitrogens is 1. The highest BCUT2D eigenvalue weighted by molar-refractivity contribution is 5.36. The Kier molecular flexibility index (Phi) is 4.07. The Morgan fingerprint density at radius 3 is 2.38 bits per heavy atom. The molecule has 0 saturated heterocycles. The van der Waals surface area contributed by atoms with Gasteiger partial charge in [-0.25, -0.2) is 0 Å². The summed E-state index contributed by atoms with van der Waals surface area (Å²) in [7, 11) is 2.01. The summed E-state index contributed by atoms with van der Waals surface area (Å²) < 4.78 is 0. The first kappa shape index (κ1) is 14.3. The van der Waals surface area contributed by atoms with Gasteiger partial charge >= 0.3 is 0 Å². The Balaban J connectivity index is 1.88. The highest BCUT2D eigenvalue weighted by Gasteiger charge is 2.20. The zero-order valence-corrected chi connectivity index (χ0v) is 13.2. The third-order valence-corrected chi connectivity index (χ3v) is 4.66. The predicted octanol–water partition coefficient (Wildman–Crippen LogP) is 4.27. The molecule has 1 heterocycles. The molecule has 0 spiro atoms. The van der Waals surface area contributed by atoms with Gasteiger partial charge in [0.05, 0.1) is 11.7 Å². The van der Waals surface area contributed by atoms with Gasteiger partial charge in [-0.15, -0.1) is 0 Å². The maximum Gasteiger partial charge on any atom is 0.0751 e. The molecule has 2 heteroatoms. The molecule has 1 N–H and O–H groups in total. The molecular weight excluding hydrogens is 256 g/mol. The summed E-state index contributed by atoms with van der Waals surface area (Å²) in [5.41, 5.74) is 6.37. The molecule has 0 amide bonds. The Bertz CT molecular complexity index is 612. The average molecular weight is 280 g/mol. The Labute approximate surface area is 127 Å². The van der Waals surface area contributed by atoms with Gasteiger partial charge in [0, 0.05) is 6.20 Å². The van der Waals surface area contributed by atoms with E-state index < -0.39 is 0 Å². The molecule has 1 aromatic carbocycles. The van der Waals surface area contributed by atoms with Crippen molar-refractivity contribution in [3.63, 3.8) is 0 Å². The summed E-state index contributed by atoms with van der Waals surface area (Å²) in [5.74, 6) is 0.798. The van der Waals surface area contributed by atoms with Crippen molar-refractivity contribution in [2.45, 2.75) is 45.1 Å². The van der Waals surface area contributed by atoms with E-state index in [1.165, 1.54) is 41.5 Å². The van der Waals surface area contributed by atoms with Crippen LogP contribution in [0.4, 0.5) is 0 Å². The fourth-order valence-corrected chi connectivity index (χ4v) is 3.19. The number of aryl methyl sites for hydroxylation is 2. The van der Waals surface area contributed by atoms with E-state index >= 15 is 0 Å². The van der Waals surface area contributed by atoms with Crippen LogP contribution in [0, 0.1) is 13.8 Å². The van der Waals surface area contributed by atoms with Crippen molar-refractivity contribution in [1.29, 1.82) is 0 Å². The second-order valence-corrected chi connectivity index (χ2v) is 6.23. The molecule has 1 saturated carbocycles. The third-order valence-electron chi connectivity index (χ3n) is 4.66. The Hall–Kier alpha value is -1.67.